The first-order valence-corrected chi connectivity index (χ1v) is 9.91. The Balaban J connectivity index is 1.67. The molecule has 2 N–H and O–H groups in total. The second-order valence-electron chi connectivity index (χ2n) is 8.23. The van der Waals surface area contributed by atoms with Gasteiger partial charge in [0.2, 0.25) is 0 Å². The third kappa shape index (κ3) is 3.49. The number of nitrogens with zero attached hydrogens (tertiary/aromatic N) is 1. The molecule has 1 aromatic carbocycles. The Morgan fingerprint density at radius 3 is 2.57 bits per heavy atom. The van der Waals surface area contributed by atoms with Crippen molar-refractivity contribution < 1.29 is 19.4 Å². The summed E-state index contributed by atoms with van der Waals surface area (Å²) in [4.78, 5) is 29.8. The second kappa shape index (κ2) is 7.17. The average molecular weight is 382 g/mol. The first-order valence-electron chi connectivity index (χ1n) is 9.91. The summed E-state index contributed by atoms with van der Waals surface area (Å²) in [6.45, 7) is 4.94. The van der Waals surface area contributed by atoms with Crippen LogP contribution in [0.1, 0.15) is 58.8 Å². The SMILES string of the molecule is Cc1cc(C)c2nc(C3CC3)cc(C(=O)NCC3(C(=O)O)CCOCC3)c2c1. The highest BCUT2D eigenvalue weighted by Crippen LogP contribution is 2.40. The number of aryl methyl sites for hydroxylation is 2. The highest BCUT2D eigenvalue weighted by Gasteiger charge is 2.40. The Bertz CT molecular complexity index is 943. The van der Waals surface area contributed by atoms with Crippen molar-refractivity contribution in [2.24, 2.45) is 5.41 Å². The van der Waals surface area contributed by atoms with E-state index in [1.165, 1.54) is 0 Å². The smallest absolute Gasteiger partial charge is 0.311 e. The zero-order valence-electron chi connectivity index (χ0n) is 16.4. The second-order valence-corrected chi connectivity index (χ2v) is 8.23. The van der Waals surface area contributed by atoms with Crippen LogP contribution < -0.4 is 5.32 Å². The van der Waals surface area contributed by atoms with Crippen molar-refractivity contribution >= 4 is 22.8 Å². The molecule has 2 aliphatic rings. The number of carboxylic acids is 1. The maximum Gasteiger partial charge on any atom is 0.311 e. The number of fused-ring (bicyclic) bond motifs is 1. The highest BCUT2D eigenvalue weighted by atomic mass is 16.5. The van der Waals surface area contributed by atoms with Crippen LogP contribution in [-0.2, 0) is 9.53 Å². The van der Waals surface area contributed by atoms with E-state index in [0.717, 1.165) is 40.6 Å². The fraction of sp³-hybridized carbons (Fsp3) is 0.500. The lowest BCUT2D eigenvalue weighted by molar-refractivity contribution is -0.154. The van der Waals surface area contributed by atoms with Gasteiger partial charge in [-0.05, 0) is 57.2 Å². The van der Waals surface area contributed by atoms with Gasteiger partial charge in [-0.25, -0.2) is 0 Å². The molecular weight excluding hydrogens is 356 g/mol. The zero-order chi connectivity index (χ0) is 19.9. The predicted octanol–water partition coefficient (Wildman–Crippen LogP) is 3.34. The maximum atomic E-state index is 13.1. The standard InChI is InChI=1S/C22H26N2O4/c1-13-9-14(2)19-16(10-13)17(11-18(24-19)15-3-4-15)20(25)23-12-22(21(26)27)5-7-28-8-6-22/h9-11,15H,3-8,12H2,1-2H3,(H,23,25)(H,26,27). The quantitative estimate of drug-likeness (QED) is 0.828. The molecule has 1 aliphatic heterocycles. The summed E-state index contributed by atoms with van der Waals surface area (Å²) in [7, 11) is 0. The minimum Gasteiger partial charge on any atom is -0.481 e. The van der Waals surface area contributed by atoms with E-state index in [0.29, 0.717) is 37.5 Å². The van der Waals surface area contributed by atoms with Crippen molar-refractivity contribution in [2.75, 3.05) is 19.8 Å². The summed E-state index contributed by atoms with van der Waals surface area (Å²) in [6.07, 6.45) is 3.02. The zero-order valence-corrected chi connectivity index (χ0v) is 16.4. The van der Waals surface area contributed by atoms with Crippen LogP contribution in [-0.4, -0.2) is 41.7 Å². The Hall–Kier alpha value is -2.47. The lowest BCUT2D eigenvalue weighted by atomic mass is 9.80. The number of ether oxygens (including phenoxy) is 1. The number of hydrogen-bond donors (Lipinski definition) is 2. The third-order valence-corrected chi connectivity index (χ3v) is 6.00. The summed E-state index contributed by atoms with van der Waals surface area (Å²) < 4.78 is 5.32. The van der Waals surface area contributed by atoms with Gasteiger partial charge in [0, 0.05) is 36.8 Å². The molecule has 1 aromatic heterocycles. The number of rotatable bonds is 5. The molecule has 1 saturated carbocycles. The van der Waals surface area contributed by atoms with E-state index >= 15 is 0 Å². The number of aliphatic carboxylic acids is 1. The number of carboxylic acid groups (broad SMARTS) is 1. The van der Waals surface area contributed by atoms with Crippen LogP contribution in [0, 0.1) is 19.3 Å². The Morgan fingerprint density at radius 1 is 1.21 bits per heavy atom. The molecule has 6 heteroatoms. The van der Waals surface area contributed by atoms with Crippen LogP contribution in [0.4, 0.5) is 0 Å². The lowest BCUT2D eigenvalue weighted by Crippen LogP contribution is -2.46. The normalized spacial score (nSPS) is 18.8. The van der Waals surface area contributed by atoms with E-state index in [-0.39, 0.29) is 12.5 Å². The van der Waals surface area contributed by atoms with E-state index < -0.39 is 11.4 Å². The molecule has 2 fully saturated rings. The number of carbonyl (C=O) groups excluding carboxylic acids is 1. The van der Waals surface area contributed by atoms with Crippen LogP contribution in [0.15, 0.2) is 18.2 Å². The molecule has 2 heterocycles. The van der Waals surface area contributed by atoms with Crippen LogP contribution in [0.2, 0.25) is 0 Å². The molecule has 0 spiro atoms. The summed E-state index contributed by atoms with van der Waals surface area (Å²) in [5, 5.41) is 13.5. The largest absolute Gasteiger partial charge is 0.481 e. The molecule has 28 heavy (non-hydrogen) atoms. The number of nitrogens with one attached hydrogen (secondary N) is 1. The van der Waals surface area contributed by atoms with Crippen LogP contribution in [0.25, 0.3) is 10.9 Å². The Morgan fingerprint density at radius 2 is 1.93 bits per heavy atom. The van der Waals surface area contributed by atoms with Crippen molar-refractivity contribution in [3.8, 4) is 0 Å². The van der Waals surface area contributed by atoms with E-state index in [9.17, 15) is 14.7 Å². The molecule has 1 aliphatic carbocycles. The van der Waals surface area contributed by atoms with Gasteiger partial charge >= 0.3 is 5.97 Å². The topological polar surface area (TPSA) is 88.5 Å². The summed E-state index contributed by atoms with van der Waals surface area (Å²) in [5.74, 6) is -0.676. The first kappa shape index (κ1) is 18.9. The van der Waals surface area contributed by atoms with Gasteiger partial charge in [-0.3, -0.25) is 14.6 Å². The molecule has 0 atom stereocenters. The van der Waals surface area contributed by atoms with Crippen LogP contribution in [0.3, 0.4) is 0 Å². The average Bonchev–Trinajstić information content (AvgIpc) is 3.51. The van der Waals surface area contributed by atoms with Gasteiger partial charge < -0.3 is 15.2 Å². The molecule has 6 nitrogen and oxygen atoms in total. The van der Waals surface area contributed by atoms with Gasteiger partial charge in [0.1, 0.15) is 0 Å². The van der Waals surface area contributed by atoms with E-state index in [1.54, 1.807) is 0 Å². The van der Waals surface area contributed by atoms with Crippen molar-refractivity contribution in [3.63, 3.8) is 0 Å². The molecule has 148 valence electrons. The Kier molecular flexibility index (Phi) is 4.83. The molecule has 0 bridgehead atoms. The van der Waals surface area contributed by atoms with Crippen LogP contribution >= 0.6 is 0 Å². The minimum absolute atomic E-state index is 0.109. The lowest BCUT2D eigenvalue weighted by Gasteiger charge is -2.33. The number of aromatic nitrogens is 1. The van der Waals surface area contributed by atoms with Crippen molar-refractivity contribution in [3.05, 3.63) is 40.6 Å². The van der Waals surface area contributed by atoms with Gasteiger partial charge in [-0.1, -0.05) is 11.6 Å². The van der Waals surface area contributed by atoms with E-state index in [2.05, 4.69) is 11.4 Å². The summed E-state index contributed by atoms with van der Waals surface area (Å²) >= 11 is 0. The van der Waals surface area contributed by atoms with Crippen molar-refractivity contribution in [1.29, 1.82) is 0 Å². The van der Waals surface area contributed by atoms with Crippen molar-refractivity contribution in [1.82, 2.24) is 10.3 Å². The van der Waals surface area contributed by atoms with Gasteiger partial charge in [-0.15, -0.1) is 0 Å². The molecule has 0 unspecified atom stereocenters. The van der Waals surface area contributed by atoms with Gasteiger partial charge in [0.15, 0.2) is 0 Å². The Labute approximate surface area is 164 Å². The number of benzene rings is 1. The highest BCUT2D eigenvalue weighted by molar-refractivity contribution is 6.07. The molecule has 1 saturated heterocycles. The molecule has 0 radical (unpaired) electrons. The van der Waals surface area contributed by atoms with Gasteiger partial charge in [-0.2, -0.15) is 0 Å². The van der Waals surface area contributed by atoms with E-state index in [4.69, 9.17) is 9.72 Å². The number of pyridine rings is 1. The van der Waals surface area contributed by atoms with Gasteiger partial charge in [0.25, 0.3) is 5.91 Å². The van der Waals surface area contributed by atoms with E-state index in [1.807, 2.05) is 26.0 Å². The predicted molar refractivity (Wildman–Crippen MR) is 106 cm³/mol. The molecular formula is C22H26N2O4. The fourth-order valence-corrected chi connectivity index (χ4v) is 4.05. The maximum absolute atomic E-state index is 13.1. The fourth-order valence-electron chi connectivity index (χ4n) is 4.05. The molecule has 1 amide bonds. The van der Waals surface area contributed by atoms with Gasteiger partial charge in [0.05, 0.1) is 16.5 Å². The summed E-state index contributed by atoms with van der Waals surface area (Å²) in [6, 6.07) is 5.96. The number of amides is 1. The molecule has 2 aromatic rings. The molecule has 4 rings (SSSR count). The van der Waals surface area contributed by atoms with Crippen molar-refractivity contribution in [2.45, 2.75) is 45.4 Å². The number of carbonyl (C=O) groups is 2. The third-order valence-electron chi connectivity index (χ3n) is 6.00. The first-order chi connectivity index (χ1) is 13.4. The summed E-state index contributed by atoms with van der Waals surface area (Å²) in [5.41, 5.74) is 3.58. The number of hydrogen-bond acceptors (Lipinski definition) is 4. The monoisotopic (exact) mass is 382 g/mol. The minimum atomic E-state index is -0.956. The van der Waals surface area contributed by atoms with Crippen LogP contribution in [0.5, 0.6) is 0 Å².